The summed E-state index contributed by atoms with van der Waals surface area (Å²) in [4.78, 5) is 57.4. The topological polar surface area (TPSA) is 192 Å². The van der Waals surface area contributed by atoms with Crippen molar-refractivity contribution in [2.24, 2.45) is 13.0 Å². The maximum atomic E-state index is 13.6. The van der Waals surface area contributed by atoms with Gasteiger partial charge in [-0.2, -0.15) is 10.1 Å². The number of nitrogens with one attached hydrogen (secondary N) is 4. The molecule has 0 aliphatic carbocycles. The number of piperazine rings is 1. The minimum atomic E-state index is -2.73. The molecule has 3 aromatic carbocycles. The number of rotatable bonds is 14. The summed E-state index contributed by atoms with van der Waals surface area (Å²) in [6.07, 6.45) is 9.69. The fourth-order valence-electron chi connectivity index (χ4n) is 9.23. The average Bonchev–Trinajstić information content (AvgIpc) is 3.79. The number of carbonyl (C=O) groups is 3. The number of halogens is 1. The second kappa shape index (κ2) is 20.4. The van der Waals surface area contributed by atoms with E-state index < -0.39 is 25.0 Å². The number of nitrogens with zero attached hydrogens (tertiary/aromatic N) is 8. The van der Waals surface area contributed by atoms with E-state index in [0.717, 1.165) is 92.3 Å². The van der Waals surface area contributed by atoms with Gasteiger partial charge in [-0.3, -0.25) is 29.3 Å². The fraction of sp³-hybridized carbons (Fsp3) is 0.340. The summed E-state index contributed by atoms with van der Waals surface area (Å²) < 4.78 is 21.4. The highest BCUT2D eigenvalue weighted by Crippen LogP contribution is 2.43. The van der Waals surface area contributed by atoms with Crippen molar-refractivity contribution < 1.29 is 23.7 Å². The zero-order valence-corrected chi connectivity index (χ0v) is 40.8. The number of ether oxygens (including phenoxy) is 1. The molecule has 6 heterocycles. The summed E-state index contributed by atoms with van der Waals surface area (Å²) in [6, 6.07) is 22.8. The third-order valence-corrected chi connectivity index (χ3v) is 14.8. The van der Waals surface area contributed by atoms with Crippen LogP contribution < -0.4 is 41.1 Å². The molecule has 0 bridgehead atoms. The molecule has 69 heavy (non-hydrogen) atoms. The van der Waals surface area contributed by atoms with E-state index >= 15 is 0 Å². The first kappa shape index (κ1) is 47.3. The van der Waals surface area contributed by atoms with Gasteiger partial charge in [-0.05, 0) is 80.0 Å². The van der Waals surface area contributed by atoms with Crippen LogP contribution in [0.5, 0.6) is 5.75 Å². The lowest BCUT2D eigenvalue weighted by atomic mass is 9.95. The van der Waals surface area contributed by atoms with Gasteiger partial charge < -0.3 is 35.1 Å². The van der Waals surface area contributed by atoms with Gasteiger partial charge in [-0.15, -0.1) is 0 Å². The highest BCUT2D eigenvalue weighted by atomic mass is 35.5. The lowest BCUT2D eigenvalue weighted by molar-refractivity contribution is -0.134. The van der Waals surface area contributed by atoms with Crippen LogP contribution in [0, 0.1) is 5.92 Å². The van der Waals surface area contributed by atoms with Crippen LogP contribution in [-0.4, -0.2) is 120 Å². The van der Waals surface area contributed by atoms with Gasteiger partial charge >= 0.3 is 0 Å². The van der Waals surface area contributed by atoms with E-state index in [4.69, 9.17) is 21.3 Å². The Morgan fingerprint density at radius 2 is 1.62 bits per heavy atom. The van der Waals surface area contributed by atoms with Crippen LogP contribution in [-0.2, 0) is 21.2 Å². The fourth-order valence-corrected chi connectivity index (χ4v) is 10.5. The minimum Gasteiger partial charge on any atom is -0.494 e. The predicted octanol–water partition coefficient (Wildman–Crippen LogP) is 6.91. The molecule has 3 saturated heterocycles. The second-order valence-corrected chi connectivity index (χ2v) is 21.7. The molecule has 1 atom stereocenters. The number of anilines is 6. The Kier molecular flexibility index (Phi) is 14.0. The second-order valence-electron chi connectivity index (χ2n) is 18.2. The Hall–Kier alpha value is -6.81. The Morgan fingerprint density at radius 3 is 2.30 bits per heavy atom. The van der Waals surface area contributed by atoms with Crippen LogP contribution in [0.2, 0.25) is 5.02 Å². The molecule has 19 heteroatoms. The molecule has 3 amide bonds. The molecule has 0 saturated carbocycles. The molecule has 0 spiro atoms. The molecule has 358 valence electrons. The zero-order chi connectivity index (χ0) is 48.2. The standard InChI is InChI=1S/C50H56ClN12O5P/c1-60-31-35(27-54-60)37-25-42(57-50-53-29-38(51)47(59-50)55-39-12-10-34(24-45(39)69(3,4)67)33-8-6-5-7-9-33)44(68-2)26-43(37)63-22-20-61(21-23-63)30-32-16-18-62(19-17-32)36-11-13-40(52-28-36)48(65)56-41-14-15-46(64)58-49(41)66/h5-13,24-29,31-32,41H,14-23,30H2,1-4H3,(H,56,65)(H,58,64,66)(H2,53,55,57,59). The van der Waals surface area contributed by atoms with E-state index in [1.807, 2.05) is 74.0 Å². The lowest BCUT2D eigenvalue weighted by Gasteiger charge is -2.40. The monoisotopic (exact) mass is 970 g/mol. The summed E-state index contributed by atoms with van der Waals surface area (Å²) in [5.41, 5.74) is 7.50. The Labute approximate surface area is 406 Å². The van der Waals surface area contributed by atoms with E-state index in [1.165, 1.54) is 6.20 Å². The maximum absolute atomic E-state index is 13.6. The van der Waals surface area contributed by atoms with Gasteiger partial charge in [0.2, 0.25) is 17.8 Å². The summed E-state index contributed by atoms with van der Waals surface area (Å²) in [6.45, 7) is 9.82. The zero-order valence-electron chi connectivity index (χ0n) is 39.1. The number of benzene rings is 3. The minimum absolute atomic E-state index is 0.192. The van der Waals surface area contributed by atoms with Crippen LogP contribution in [0.3, 0.4) is 0 Å². The van der Waals surface area contributed by atoms with E-state index in [0.29, 0.717) is 45.1 Å². The van der Waals surface area contributed by atoms with Crippen molar-refractivity contribution in [3.8, 4) is 28.0 Å². The van der Waals surface area contributed by atoms with E-state index in [-0.39, 0.29) is 24.4 Å². The number of piperidine rings is 2. The highest BCUT2D eigenvalue weighted by molar-refractivity contribution is 7.70. The Morgan fingerprint density at radius 1 is 0.841 bits per heavy atom. The van der Waals surface area contributed by atoms with Gasteiger partial charge in [0, 0.05) is 93.7 Å². The number of amides is 3. The van der Waals surface area contributed by atoms with Gasteiger partial charge in [-0.25, -0.2) is 9.97 Å². The molecule has 0 radical (unpaired) electrons. The van der Waals surface area contributed by atoms with Crippen molar-refractivity contribution in [1.82, 2.24) is 40.3 Å². The van der Waals surface area contributed by atoms with E-state index in [9.17, 15) is 18.9 Å². The van der Waals surface area contributed by atoms with Crippen molar-refractivity contribution in [3.63, 3.8) is 0 Å². The van der Waals surface area contributed by atoms with E-state index in [1.54, 1.807) is 37.4 Å². The van der Waals surface area contributed by atoms with Gasteiger partial charge in [0.25, 0.3) is 5.91 Å². The molecular formula is C50H56ClN12O5P. The van der Waals surface area contributed by atoms with Gasteiger partial charge in [-0.1, -0.05) is 48.0 Å². The third kappa shape index (κ3) is 11.1. The Bertz CT molecular complexity index is 2900. The average molecular weight is 972 g/mol. The summed E-state index contributed by atoms with van der Waals surface area (Å²) >= 11 is 6.69. The highest BCUT2D eigenvalue weighted by Gasteiger charge is 2.30. The molecular weight excluding hydrogens is 915 g/mol. The molecule has 3 aromatic heterocycles. The number of hydrogen-bond acceptors (Lipinski definition) is 14. The Balaban J connectivity index is 0.839. The molecule has 4 N–H and O–H groups in total. The number of pyridine rings is 1. The summed E-state index contributed by atoms with van der Waals surface area (Å²) in [7, 11) is 0.822. The first-order chi connectivity index (χ1) is 33.3. The predicted molar refractivity (Wildman–Crippen MR) is 271 cm³/mol. The van der Waals surface area contributed by atoms with Crippen molar-refractivity contribution in [3.05, 3.63) is 108 Å². The first-order valence-corrected chi connectivity index (χ1v) is 26.1. The van der Waals surface area contributed by atoms with Gasteiger partial charge in [0.15, 0.2) is 5.82 Å². The molecule has 6 aromatic rings. The summed E-state index contributed by atoms with van der Waals surface area (Å²) in [5, 5.41) is 17.2. The van der Waals surface area contributed by atoms with Crippen molar-refractivity contribution in [1.29, 1.82) is 0 Å². The molecule has 17 nitrogen and oxygen atoms in total. The van der Waals surface area contributed by atoms with Crippen LogP contribution in [0.1, 0.15) is 36.2 Å². The number of aryl methyl sites for hydroxylation is 1. The van der Waals surface area contributed by atoms with Crippen molar-refractivity contribution in [2.45, 2.75) is 31.7 Å². The van der Waals surface area contributed by atoms with Crippen molar-refractivity contribution in [2.75, 3.05) is 86.7 Å². The number of hydrogen-bond donors (Lipinski definition) is 4. The van der Waals surface area contributed by atoms with Crippen LogP contribution in [0.15, 0.2) is 97.6 Å². The van der Waals surface area contributed by atoms with Gasteiger partial charge in [0.05, 0.1) is 42.8 Å². The van der Waals surface area contributed by atoms with Crippen molar-refractivity contribution >= 4 is 76.3 Å². The molecule has 3 aliphatic heterocycles. The molecule has 3 aliphatic rings. The SMILES string of the molecule is COc1cc(N2CCN(CC3CCN(c4ccc(C(=O)NC5CCC(=O)NC5=O)nc4)CC3)CC2)c(-c2cnn(C)c2)cc1Nc1ncc(Cl)c(Nc2ccc(-c3ccccc3)cc2P(C)(C)=O)n1. The largest absolute Gasteiger partial charge is 0.494 e. The normalized spacial score (nSPS) is 17.1. The maximum Gasteiger partial charge on any atom is 0.270 e. The molecule has 9 rings (SSSR count). The first-order valence-electron chi connectivity index (χ1n) is 23.1. The van der Waals surface area contributed by atoms with Crippen LogP contribution in [0.4, 0.5) is 34.5 Å². The lowest BCUT2D eigenvalue weighted by Crippen LogP contribution is -2.52. The number of aromatic nitrogens is 5. The third-order valence-electron chi connectivity index (χ3n) is 13.0. The van der Waals surface area contributed by atoms with Crippen LogP contribution in [0.25, 0.3) is 22.3 Å². The smallest absolute Gasteiger partial charge is 0.270 e. The molecule has 1 unspecified atom stereocenters. The van der Waals surface area contributed by atoms with E-state index in [2.05, 4.69) is 63.2 Å². The number of methoxy groups -OCH3 is 1. The summed E-state index contributed by atoms with van der Waals surface area (Å²) in [5.74, 6) is 0.590. The number of imide groups is 1. The van der Waals surface area contributed by atoms with Gasteiger partial charge in [0.1, 0.15) is 29.6 Å². The quantitative estimate of drug-likeness (QED) is 0.0651. The van der Waals surface area contributed by atoms with Crippen LogP contribution >= 0.6 is 18.7 Å². The molecule has 3 fully saturated rings. The number of carbonyl (C=O) groups excluding carboxylic acids is 3.